The Hall–Kier alpha value is -1.46. The van der Waals surface area contributed by atoms with Crippen molar-refractivity contribution in [1.29, 1.82) is 0 Å². The molecule has 0 heterocycles. The van der Waals surface area contributed by atoms with E-state index in [2.05, 4.69) is 5.32 Å². The van der Waals surface area contributed by atoms with Crippen LogP contribution in [-0.2, 0) is 4.79 Å². The molecule has 0 radical (unpaired) electrons. The summed E-state index contributed by atoms with van der Waals surface area (Å²) in [5.41, 5.74) is 0.273. The Labute approximate surface area is 119 Å². The molecule has 0 saturated carbocycles. The van der Waals surface area contributed by atoms with Crippen molar-refractivity contribution < 1.29 is 14.3 Å². The summed E-state index contributed by atoms with van der Waals surface area (Å²) >= 11 is 0. The molecular weight excluding hydrogens is 259 g/mol. The van der Waals surface area contributed by atoms with Gasteiger partial charge in [0.2, 0.25) is 5.91 Å². The van der Waals surface area contributed by atoms with Crippen molar-refractivity contribution in [3.8, 4) is 0 Å². The minimum absolute atomic E-state index is 0.0860. The molecular formula is C15H23FN2O2. The molecule has 0 bridgehead atoms. The standard InChI is InChI=1S/C15H23FN2O2/c1-3-18(4-2)15(20)9-10-17-11-14(19)12-7-5-6-8-13(12)16/h5-8,14,17,19H,3-4,9-11H2,1-2H3. The lowest BCUT2D eigenvalue weighted by Gasteiger charge is -2.19. The van der Waals surface area contributed by atoms with Crippen LogP contribution in [0.15, 0.2) is 24.3 Å². The molecule has 0 spiro atoms. The number of amides is 1. The van der Waals surface area contributed by atoms with Crippen LogP contribution in [-0.4, -0.2) is 42.1 Å². The fraction of sp³-hybridized carbons (Fsp3) is 0.533. The predicted octanol–water partition coefficient (Wildman–Crippen LogP) is 1.71. The Kier molecular flexibility index (Phi) is 7.18. The summed E-state index contributed by atoms with van der Waals surface area (Å²) in [6, 6.07) is 6.15. The van der Waals surface area contributed by atoms with Gasteiger partial charge in [-0.1, -0.05) is 18.2 Å². The first-order valence-electron chi connectivity index (χ1n) is 7.01. The lowest BCUT2D eigenvalue weighted by molar-refractivity contribution is -0.130. The third kappa shape index (κ3) is 4.90. The van der Waals surface area contributed by atoms with Gasteiger partial charge in [-0.05, 0) is 19.9 Å². The predicted molar refractivity (Wildman–Crippen MR) is 76.8 cm³/mol. The van der Waals surface area contributed by atoms with Gasteiger partial charge < -0.3 is 15.3 Å². The van der Waals surface area contributed by atoms with E-state index in [0.717, 1.165) is 0 Å². The van der Waals surface area contributed by atoms with E-state index in [1.807, 2.05) is 13.8 Å². The molecule has 4 nitrogen and oxygen atoms in total. The highest BCUT2D eigenvalue weighted by atomic mass is 19.1. The van der Waals surface area contributed by atoms with Crippen molar-refractivity contribution in [3.63, 3.8) is 0 Å². The van der Waals surface area contributed by atoms with Crippen molar-refractivity contribution in [2.45, 2.75) is 26.4 Å². The zero-order chi connectivity index (χ0) is 15.0. The molecule has 1 amide bonds. The lowest BCUT2D eigenvalue weighted by atomic mass is 10.1. The molecule has 1 rings (SSSR count). The lowest BCUT2D eigenvalue weighted by Crippen LogP contribution is -2.33. The van der Waals surface area contributed by atoms with E-state index in [1.165, 1.54) is 6.07 Å². The van der Waals surface area contributed by atoms with Crippen molar-refractivity contribution in [1.82, 2.24) is 10.2 Å². The number of benzene rings is 1. The van der Waals surface area contributed by atoms with E-state index in [9.17, 15) is 14.3 Å². The fourth-order valence-electron chi connectivity index (χ4n) is 2.02. The Balaban J connectivity index is 2.31. The minimum atomic E-state index is -0.903. The summed E-state index contributed by atoms with van der Waals surface area (Å²) in [7, 11) is 0. The third-order valence-electron chi connectivity index (χ3n) is 3.23. The van der Waals surface area contributed by atoms with Crippen LogP contribution in [0.1, 0.15) is 31.9 Å². The van der Waals surface area contributed by atoms with E-state index >= 15 is 0 Å². The van der Waals surface area contributed by atoms with Gasteiger partial charge in [0.25, 0.3) is 0 Å². The summed E-state index contributed by atoms with van der Waals surface area (Å²) < 4.78 is 13.4. The van der Waals surface area contributed by atoms with Crippen LogP contribution < -0.4 is 5.32 Å². The number of aliphatic hydroxyl groups excluding tert-OH is 1. The molecule has 112 valence electrons. The van der Waals surface area contributed by atoms with Crippen LogP contribution in [0.5, 0.6) is 0 Å². The third-order valence-corrected chi connectivity index (χ3v) is 3.23. The Morgan fingerprint density at radius 1 is 1.35 bits per heavy atom. The SMILES string of the molecule is CCN(CC)C(=O)CCNCC(O)c1ccccc1F. The second-order valence-electron chi connectivity index (χ2n) is 4.56. The molecule has 5 heteroatoms. The van der Waals surface area contributed by atoms with E-state index < -0.39 is 11.9 Å². The molecule has 2 N–H and O–H groups in total. The number of nitrogens with one attached hydrogen (secondary N) is 1. The zero-order valence-electron chi connectivity index (χ0n) is 12.1. The van der Waals surface area contributed by atoms with Gasteiger partial charge in [-0.2, -0.15) is 0 Å². The number of carbonyl (C=O) groups is 1. The molecule has 1 unspecified atom stereocenters. The van der Waals surface area contributed by atoms with Crippen molar-refractivity contribution in [2.24, 2.45) is 0 Å². The van der Waals surface area contributed by atoms with Crippen LogP contribution in [0.4, 0.5) is 4.39 Å². The van der Waals surface area contributed by atoms with E-state index in [1.54, 1.807) is 23.1 Å². The largest absolute Gasteiger partial charge is 0.387 e. The van der Waals surface area contributed by atoms with E-state index in [0.29, 0.717) is 26.1 Å². The number of aliphatic hydroxyl groups is 1. The molecule has 0 aliphatic heterocycles. The topological polar surface area (TPSA) is 52.6 Å². The maximum Gasteiger partial charge on any atom is 0.223 e. The Morgan fingerprint density at radius 3 is 2.60 bits per heavy atom. The second kappa shape index (κ2) is 8.66. The maximum absolute atomic E-state index is 13.4. The molecule has 1 aromatic rings. The van der Waals surface area contributed by atoms with Gasteiger partial charge in [-0.15, -0.1) is 0 Å². The summed E-state index contributed by atoms with van der Waals surface area (Å²) in [6.45, 7) is 5.99. The molecule has 0 aliphatic rings. The number of carbonyl (C=O) groups excluding carboxylic acids is 1. The van der Waals surface area contributed by atoms with Gasteiger partial charge in [-0.25, -0.2) is 4.39 Å². The van der Waals surface area contributed by atoms with Crippen LogP contribution in [0.2, 0.25) is 0 Å². The van der Waals surface area contributed by atoms with Crippen LogP contribution in [0.25, 0.3) is 0 Å². The summed E-state index contributed by atoms with van der Waals surface area (Å²) in [4.78, 5) is 13.5. The number of hydrogen-bond acceptors (Lipinski definition) is 3. The van der Waals surface area contributed by atoms with Gasteiger partial charge in [-0.3, -0.25) is 4.79 Å². The molecule has 0 saturated heterocycles. The average Bonchev–Trinajstić information content (AvgIpc) is 2.45. The van der Waals surface area contributed by atoms with Gasteiger partial charge in [0.1, 0.15) is 5.82 Å². The van der Waals surface area contributed by atoms with Crippen LogP contribution in [0.3, 0.4) is 0 Å². The average molecular weight is 282 g/mol. The summed E-state index contributed by atoms with van der Waals surface area (Å²) in [5, 5.41) is 12.9. The van der Waals surface area contributed by atoms with Gasteiger partial charge in [0, 0.05) is 38.2 Å². The summed E-state index contributed by atoms with van der Waals surface area (Å²) in [5.74, 6) is -0.330. The molecule has 1 atom stereocenters. The van der Waals surface area contributed by atoms with Gasteiger partial charge in [0.05, 0.1) is 6.10 Å². The smallest absolute Gasteiger partial charge is 0.223 e. The minimum Gasteiger partial charge on any atom is -0.387 e. The first kappa shape index (κ1) is 16.6. The Bertz CT molecular complexity index is 422. The van der Waals surface area contributed by atoms with Crippen molar-refractivity contribution >= 4 is 5.91 Å². The number of rotatable bonds is 8. The normalized spacial score (nSPS) is 12.2. The molecule has 20 heavy (non-hydrogen) atoms. The molecule has 0 fully saturated rings. The van der Waals surface area contributed by atoms with Crippen LogP contribution >= 0.6 is 0 Å². The highest BCUT2D eigenvalue weighted by Crippen LogP contribution is 2.15. The fourth-order valence-corrected chi connectivity index (χ4v) is 2.02. The van der Waals surface area contributed by atoms with Gasteiger partial charge >= 0.3 is 0 Å². The first-order chi connectivity index (χ1) is 9.60. The van der Waals surface area contributed by atoms with E-state index in [-0.39, 0.29) is 18.0 Å². The van der Waals surface area contributed by atoms with E-state index in [4.69, 9.17) is 0 Å². The highest BCUT2D eigenvalue weighted by molar-refractivity contribution is 5.76. The monoisotopic (exact) mass is 282 g/mol. The van der Waals surface area contributed by atoms with Gasteiger partial charge in [0.15, 0.2) is 0 Å². The Morgan fingerprint density at radius 2 is 2.00 bits per heavy atom. The zero-order valence-corrected chi connectivity index (χ0v) is 12.1. The van der Waals surface area contributed by atoms with Crippen molar-refractivity contribution in [3.05, 3.63) is 35.6 Å². The molecule has 0 aromatic heterocycles. The molecule has 1 aromatic carbocycles. The first-order valence-corrected chi connectivity index (χ1v) is 7.01. The second-order valence-corrected chi connectivity index (χ2v) is 4.56. The maximum atomic E-state index is 13.4. The number of halogens is 1. The van der Waals surface area contributed by atoms with Crippen LogP contribution in [0, 0.1) is 5.82 Å². The molecule has 0 aliphatic carbocycles. The quantitative estimate of drug-likeness (QED) is 0.714. The number of hydrogen-bond donors (Lipinski definition) is 2. The van der Waals surface area contributed by atoms with Crippen molar-refractivity contribution in [2.75, 3.05) is 26.2 Å². The highest BCUT2D eigenvalue weighted by Gasteiger charge is 2.12. The summed E-state index contributed by atoms with van der Waals surface area (Å²) in [6.07, 6.45) is -0.522. The number of nitrogens with zero attached hydrogens (tertiary/aromatic N) is 1.